The molecule has 0 unspecified atom stereocenters. The summed E-state index contributed by atoms with van der Waals surface area (Å²) >= 11 is 0. The molecule has 0 aliphatic carbocycles. The van der Waals surface area contributed by atoms with Crippen molar-refractivity contribution in [3.05, 3.63) is 23.3 Å². The summed E-state index contributed by atoms with van der Waals surface area (Å²) in [5.74, 6) is -0.539. The van der Waals surface area contributed by atoms with Gasteiger partial charge in [-0.3, -0.25) is 0 Å². The molecular formula is C17H24BF4N2O5S-. The van der Waals surface area contributed by atoms with Crippen LogP contribution in [0, 0.1) is 6.92 Å². The van der Waals surface area contributed by atoms with Crippen LogP contribution >= 0.6 is 0 Å². The quantitative estimate of drug-likeness (QED) is 0.384. The van der Waals surface area contributed by atoms with Crippen LogP contribution in [0.3, 0.4) is 0 Å². The Kier molecular flexibility index (Phi) is 6.84. The molecule has 2 rings (SSSR count). The lowest BCUT2D eigenvalue weighted by Gasteiger charge is -2.37. The van der Waals surface area contributed by atoms with Crippen molar-refractivity contribution < 1.29 is 39.0 Å². The highest BCUT2D eigenvalue weighted by molar-refractivity contribution is 7.81. The number of hydrogen-bond donors (Lipinski definition) is 0. The second-order valence-electron chi connectivity index (χ2n) is 8.07. The molecule has 1 aromatic rings. The van der Waals surface area contributed by atoms with Gasteiger partial charge in [-0.25, -0.2) is 4.79 Å². The fourth-order valence-corrected chi connectivity index (χ4v) is 3.46. The second-order valence-corrected chi connectivity index (χ2v) is 9.02. The number of carbonyl (C=O) groups excluding carboxylic acids is 1. The van der Waals surface area contributed by atoms with Crippen molar-refractivity contribution in [1.29, 1.82) is 0 Å². The smallest absolute Gasteiger partial charge is 0.449 e. The maximum atomic E-state index is 13.0. The highest BCUT2D eigenvalue weighted by Crippen LogP contribution is 2.33. The van der Waals surface area contributed by atoms with Gasteiger partial charge in [0, 0.05) is 37.9 Å². The highest BCUT2D eigenvalue weighted by atomic mass is 32.3. The van der Waals surface area contributed by atoms with Crippen molar-refractivity contribution >= 4 is 29.3 Å². The molecule has 30 heavy (non-hydrogen) atoms. The van der Waals surface area contributed by atoms with E-state index < -0.39 is 41.2 Å². The van der Waals surface area contributed by atoms with Crippen molar-refractivity contribution in [2.75, 3.05) is 31.1 Å². The summed E-state index contributed by atoms with van der Waals surface area (Å²) in [7, 11) is -5.40. The van der Waals surface area contributed by atoms with Gasteiger partial charge in [-0.2, -0.15) is 8.42 Å². The number of nitrogens with zero attached hydrogens (tertiary/aromatic N) is 2. The zero-order chi connectivity index (χ0) is 22.9. The fourth-order valence-electron chi connectivity index (χ4n) is 3.14. The molecule has 1 saturated heterocycles. The average Bonchev–Trinajstić information content (AvgIpc) is 2.53. The molecule has 1 heterocycles. The first-order chi connectivity index (χ1) is 13.5. The molecule has 1 aromatic carbocycles. The maximum absolute atomic E-state index is 13.0. The molecule has 170 valence electrons. The number of carbonyl (C=O) groups is 1. The van der Waals surface area contributed by atoms with Crippen molar-refractivity contribution in [3.63, 3.8) is 0 Å². The van der Waals surface area contributed by atoms with Gasteiger partial charge in [-0.15, -0.1) is 0 Å². The van der Waals surface area contributed by atoms with E-state index in [-0.39, 0.29) is 43.0 Å². The molecule has 0 saturated carbocycles. The Morgan fingerprint density at radius 3 is 2.17 bits per heavy atom. The largest absolute Gasteiger partial charge is 0.488 e. The lowest BCUT2D eigenvalue weighted by molar-refractivity contribution is 0.0240. The first-order valence-corrected chi connectivity index (χ1v) is 10.6. The Morgan fingerprint density at radius 2 is 1.70 bits per heavy atom. The van der Waals surface area contributed by atoms with Gasteiger partial charge < -0.3 is 31.7 Å². The maximum Gasteiger partial charge on any atom is 0.488 e. The Morgan fingerprint density at radius 1 is 1.13 bits per heavy atom. The van der Waals surface area contributed by atoms with Gasteiger partial charge in [0.25, 0.3) is 0 Å². The molecule has 1 amide bonds. The van der Waals surface area contributed by atoms with Gasteiger partial charge in [-0.05, 0) is 39.3 Å². The lowest BCUT2D eigenvalue weighted by atomic mass is 9.80. The van der Waals surface area contributed by atoms with Crippen LogP contribution in [-0.4, -0.2) is 58.2 Å². The summed E-state index contributed by atoms with van der Waals surface area (Å²) in [6.45, 7) is 2.50. The number of benzene rings is 1. The van der Waals surface area contributed by atoms with Crippen LogP contribution in [0.5, 0.6) is 5.75 Å². The van der Waals surface area contributed by atoms with Crippen LogP contribution in [0.2, 0.25) is 0 Å². The predicted molar refractivity (Wildman–Crippen MR) is 105 cm³/mol. The Bertz CT molecular complexity index is 895. The lowest BCUT2D eigenvalue weighted by Crippen LogP contribution is -2.50. The number of hydrogen-bond acceptors (Lipinski definition) is 6. The van der Waals surface area contributed by atoms with Crippen LogP contribution in [0.25, 0.3) is 0 Å². The predicted octanol–water partition coefficient (Wildman–Crippen LogP) is 3.57. The molecule has 0 atom stereocenters. The van der Waals surface area contributed by atoms with Crippen LogP contribution in [0.15, 0.2) is 12.1 Å². The standard InChI is InChI=1S/C17H24BF4N2O5S/c1-12-13(11-18(19,20)21)9-14(29-30(22,26)27)10-15(12)23-5-7-24(8-6-23)16(25)28-17(2,3)4/h9-10H,5-8,11H2,1-4H3/q-1. The summed E-state index contributed by atoms with van der Waals surface area (Å²) in [4.78, 5) is 15.3. The van der Waals surface area contributed by atoms with E-state index in [2.05, 4.69) is 4.18 Å². The molecule has 13 heteroatoms. The van der Waals surface area contributed by atoms with E-state index in [1.165, 1.54) is 17.9 Å². The van der Waals surface area contributed by atoms with Crippen molar-refractivity contribution in [2.24, 2.45) is 0 Å². The summed E-state index contributed by atoms with van der Waals surface area (Å²) < 4.78 is 83.1. The molecule has 0 radical (unpaired) electrons. The second kappa shape index (κ2) is 8.52. The molecular weight excluding hydrogens is 431 g/mol. The minimum absolute atomic E-state index is 0.201. The van der Waals surface area contributed by atoms with Crippen molar-refractivity contribution in [1.82, 2.24) is 4.90 Å². The third kappa shape index (κ3) is 7.26. The third-order valence-corrected chi connectivity index (χ3v) is 4.77. The number of amides is 1. The average molecular weight is 455 g/mol. The minimum atomic E-state index is -5.40. The number of rotatable bonds is 5. The molecule has 7 nitrogen and oxygen atoms in total. The van der Waals surface area contributed by atoms with E-state index in [0.717, 1.165) is 6.07 Å². The van der Waals surface area contributed by atoms with Crippen LogP contribution in [0.4, 0.5) is 27.3 Å². The molecule has 1 aliphatic rings. The number of ether oxygens (including phenoxy) is 1. The summed E-state index contributed by atoms with van der Waals surface area (Å²) in [5.41, 5.74) is -0.297. The van der Waals surface area contributed by atoms with Gasteiger partial charge in [0.2, 0.25) is 0 Å². The van der Waals surface area contributed by atoms with Crippen LogP contribution in [0.1, 0.15) is 31.9 Å². The molecule has 1 aliphatic heterocycles. The Balaban J connectivity index is 2.27. The van der Waals surface area contributed by atoms with Gasteiger partial charge in [0.15, 0.2) is 0 Å². The first-order valence-electron chi connectivity index (χ1n) is 9.25. The minimum Gasteiger partial charge on any atom is -0.449 e. The van der Waals surface area contributed by atoms with Gasteiger partial charge in [0.1, 0.15) is 11.4 Å². The normalized spacial score (nSPS) is 15.9. The Hall–Kier alpha value is -2.18. The van der Waals surface area contributed by atoms with Crippen LogP contribution < -0.4 is 9.08 Å². The van der Waals surface area contributed by atoms with Crippen molar-refractivity contribution in [3.8, 4) is 5.75 Å². The van der Waals surface area contributed by atoms with E-state index >= 15 is 0 Å². The topological polar surface area (TPSA) is 76.2 Å². The number of anilines is 1. The fraction of sp³-hybridized carbons (Fsp3) is 0.588. The molecule has 1 fully saturated rings. The molecule has 0 bridgehead atoms. The van der Waals surface area contributed by atoms with E-state index in [1.54, 1.807) is 25.7 Å². The summed E-state index contributed by atoms with van der Waals surface area (Å²) in [6.07, 6.45) is -1.76. The first kappa shape index (κ1) is 24.1. The third-order valence-electron chi connectivity index (χ3n) is 4.38. The molecule has 0 spiro atoms. The van der Waals surface area contributed by atoms with Gasteiger partial charge in [-0.1, -0.05) is 15.8 Å². The monoisotopic (exact) mass is 455 g/mol. The van der Waals surface area contributed by atoms with Gasteiger partial charge in [0.05, 0.1) is 0 Å². The SMILES string of the molecule is Cc1c(C[B-](F)(F)F)cc(OS(=O)(=O)F)cc1N1CCN(C(=O)OC(C)(C)C)CC1. The number of piperazine rings is 1. The number of halogens is 4. The van der Waals surface area contributed by atoms with E-state index in [0.29, 0.717) is 0 Å². The molecule has 0 aromatic heterocycles. The zero-order valence-electron chi connectivity index (χ0n) is 17.1. The summed E-state index contributed by atoms with van der Waals surface area (Å²) in [5, 5.41) is 0. The van der Waals surface area contributed by atoms with Gasteiger partial charge >= 0.3 is 23.6 Å². The van der Waals surface area contributed by atoms with E-state index in [4.69, 9.17) is 4.74 Å². The van der Waals surface area contributed by atoms with Crippen molar-refractivity contribution in [2.45, 2.75) is 39.6 Å². The molecule has 0 N–H and O–H groups in total. The summed E-state index contributed by atoms with van der Waals surface area (Å²) in [6, 6.07) is 2.06. The van der Waals surface area contributed by atoms with E-state index in [1.807, 2.05) is 0 Å². The van der Waals surface area contributed by atoms with Crippen LogP contribution in [-0.2, 0) is 21.6 Å². The van der Waals surface area contributed by atoms with E-state index in [9.17, 15) is 30.0 Å². The zero-order valence-corrected chi connectivity index (χ0v) is 17.9. The highest BCUT2D eigenvalue weighted by Gasteiger charge is 2.29. The Labute approximate surface area is 173 Å².